The van der Waals surface area contributed by atoms with Crippen molar-refractivity contribution in [2.45, 2.75) is 26.4 Å². The van der Waals surface area contributed by atoms with Gasteiger partial charge >= 0.3 is 0 Å². The van der Waals surface area contributed by atoms with Gasteiger partial charge in [-0.3, -0.25) is 15.0 Å². The molecule has 0 saturated carbocycles. The van der Waals surface area contributed by atoms with Crippen molar-refractivity contribution in [3.05, 3.63) is 48.0 Å². The van der Waals surface area contributed by atoms with Crippen LogP contribution in [0.25, 0.3) is 0 Å². The summed E-state index contributed by atoms with van der Waals surface area (Å²) in [6.45, 7) is 6.71. The van der Waals surface area contributed by atoms with E-state index in [0.29, 0.717) is 11.5 Å². The number of rotatable bonds is 3. The van der Waals surface area contributed by atoms with Crippen LogP contribution in [0.4, 0.5) is 0 Å². The van der Waals surface area contributed by atoms with Gasteiger partial charge in [0, 0.05) is 43.3 Å². The number of H-pyrrole nitrogens is 1. The SMILES string of the molecule is CC1(C)CN(Cc2cn[nH]c2)C1c1ccncc1. The Morgan fingerprint density at radius 3 is 2.78 bits per heavy atom. The molecule has 0 aliphatic carbocycles. The molecular weight excluding hydrogens is 224 g/mol. The molecule has 1 aliphatic rings. The minimum absolute atomic E-state index is 0.324. The summed E-state index contributed by atoms with van der Waals surface area (Å²) in [5.41, 5.74) is 2.92. The topological polar surface area (TPSA) is 44.8 Å². The van der Waals surface area contributed by atoms with E-state index in [1.807, 2.05) is 24.8 Å². The molecule has 1 N–H and O–H groups in total. The number of nitrogens with one attached hydrogen (secondary N) is 1. The van der Waals surface area contributed by atoms with E-state index in [0.717, 1.165) is 13.1 Å². The summed E-state index contributed by atoms with van der Waals surface area (Å²) >= 11 is 0. The number of nitrogens with zero attached hydrogens (tertiary/aromatic N) is 3. The quantitative estimate of drug-likeness (QED) is 0.898. The number of aromatic nitrogens is 3. The summed E-state index contributed by atoms with van der Waals surface area (Å²) in [6.07, 6.45) is 7.61. The first-order chi connectivity index (χ1) is 8.67. The van der Waals surface area contributed by atoms with Gasteiger partial charge in [-0.15, -0.1) is 0 Å². The molecule has 1 aliphatic heterocycles. The van der Waals surface area contributed by atoms with Crippen LogP contribution < -0.4 is 0 Å². The second-order valence-corrected chi connectivity index (χ2v) is 5.68. The van der Waals surface area contributed by atoms with Gasteiger partial charge in [0.05, 0.1) is 6.20 Å². The predicted molar refractivity (Wildman–Crippen MR) is 69.8 cm³/mol. The van der Waals surface area contributed by atoms with Crippen molar-refractivity contribution in [2.75, 3.05) is 6.54 Å². The molecule has 3 rings (SSSR count). The fourth-order valence-electron chi connectivity index (χ4n) is 3.04. The average Bonchev–Trinajstić information content (AvgIpc) is 2.82. The van der Waals surface area contributed by atoms with Crippen LogP contribution in [0.2, 0.25) is 0 Å². The van der Waals surface area contributed by atoms with Gasteiger partial charge in [0.15, 0.2) is 0 Å². The highest BCUT2D eigenvalue weighted by molar-refractivity contribution is 5.23. The maximum atomic E-state index is 4.10. The summed E-state index contributed by atoms with van der Waals surface area (Å²) in [6, 6.07) is 4.71. The van der Waals surface area contributed by atoms with Crippen LogP contribution in [0.5, 0.6) is 0 Å². The van der Waals surface area contributed by atoms with E-state index in [4.69, 9.17) is 0 Å². The van der Waals surface area contributed by atoms with Gasteiger partial charge in [0.2, 0.25) is 0 Å². The van der Waals surface area contributed by atoms with Crippen molar-refractivity contribution in [1.29, 1.82) is 0 Å². The van der Waals surface area contributed by atoms with Crippen molar-refractivity contribution >= 4 is 0 Å². The van der Waals surface area contributed by atoms with Crippen LogP contribution >= 0.6 is 0 Å². The normalized spacial score (nSPS) is 22.7. The third-order valence-electron chi connectivity index (χ3n) is 3.68. The minimum atomic E-state index is 0.324. The Labute approximate surface area is 107 Å². The molecule has 1 atom stereocenters. The van der Waals surface area contributed by atoms with Gasteiger partial charge in [-0.05, 0) is 23.1 Å². The van der Waals surface area contributed by atoms with E-state index in [1.165, 1.54) is 11.1 Å². The highest BCUT2D eigenvalue weighted by Crippen LogP contribution is 2.48. The zero-order chi connectivity index (χ0) is 12.6. The summed E-state index contributed by atoms with van der Waals surface area (Å²) < 4.78 is 0. The highest BCUT2D eigenvalue weighted by atomic mass is 15.2. The Hall–Kier alpha value is -1.68. The molecule has 0 bridgehead atoms. The van der Waals surface area contributed by atoms with Crippen LogP contribution in [0, 0.1) is 5.41 Å². The molecule has 1 unspecified atom stereocenters. The summed E-state index contributed by atoms with van der Waals surface area (Å²) in [7, 11) is 0. The molecule has 0 amide bonds. The Morgan fingerprint density at radius 1 is 1.39 bits per heavy atom. The van der Waals surface area contributed by atoms with Crippen molar-refractivity contribution in [3.8, 4) is 0 Å². The molecule has 3 heterocycles. The fraction of sp³-hybridized carbons (Fsp3) is 0.429. The molecular formula is C14H18N4. The van der Waals surface area contributed by atoms with E-state index >= 15 is 0 Å². The molecule has 4 heteroatoms. The lowest BCUT2D eigenvalue weighted by molar-refractivity contribution is -0.0588. The van der Waals surface area contributed by atoms with E-state index in [2.05, 4.69) is 46.1 Å². The van der Waals surface area contributed by atoms with Gasteiger partial charge in [0.25, 0.3) is 0 Å². The second kappa shape index (κ2) is 4.21. The largest absolute Gasteiger partial charge is 0.291 e. The van der Waals surface area contributed by atoms with Gasteiger partial charge in [-0.2, -0.15) is 5.10 Å². The Bertz CT molecular complexity index is 504. The lowest BCUT2D eigenvalue weighted by atomic mass is 9.71. The van der Waals surface area contributed by atoms with Crippen LogP contribution in [-0.2, 0) is 6.54 Å². The lowest BCUT2D eigenvalue weighted by Crippen LogP contribution is -2.54. The predicted octanol–water partition coefficient (Wildman–Crippen LogP) is 2.39. The number of hydrogen-bond acceptors (Lipinski definition) is 3. The third-order valence-corrected chi connectivity index (χ3v) is 3.68. The molecule has 0 spiro atoms. The van der Waals surface area contributed by atoms with Gasteiger partial charge in [-0.25, -0.2) is 0 Å². The first-order valence-corrected chi connectivity index (χ1v) is 6.28. The minimum Gasteiger partial charge on any atom is -0.291 e. The molecule has 2 aromatic rings. The van der Waals surface area contributed by atoms with Gasteiger partial charge < -0.3 is 0 Å². The maximum Gasteiger partial charge on any atom is 0.0532 e. The molecule has 1 fully saturated rings. The zero-order valence-corrected chi connectivity index (χ0v) is 10.8. The Morgan fingerprint density at radius 2 is 2.17 bits per heavy atom. The first kappa shape index (κ1) is 11.4. The first-order valence-electron chi connectivity index (χ1n) is 6.28. The van der Waals surface area contributed by atoms with Gasteiger partial charge in [0.1, 0.15) is 0 Å². The van der Waals surface area contributed by atoms with Crippen molar-refractivity contribution < 1.29 is 0 Å². The third kappa shape index (κ3) is 1.93. The van der Waals surface area contributed by atoms with E-state index < -0.39 is 0 Å². The molecule has 18 heavy (non-hydrogen) atoms. The Balaban J connectivity index is 1.81. The van der Waals surface area contributed by atoms with Crippen LogP contribution in [0.3, 0.4) is 0 Å². The highest BCUT2D eigenvalue weighted by Gasteiger charge is 2.46. The number of pyridine rings is 1. The maximum absolute atomic E-state index is 4.10. The van der Waals surface area contributed by atoms with Crippen molar-refractivity contribution in [1.82, 2.24) is 20.1 Å². The average molecular weight is 242 g/mol. The van der Waals surface area contributed by atoms with E-state index in [9.17, 15) is 0 Å². The number of aromatic amines is 1. The standard InChI is InChI=1S/C14H18N4/c1-14(2)10-18(9-11-7-16-17-8-11)13(14)12-3-5-15-6-4-12/h3-8,13H,9-10H2,1-2H3,(H,16,17). The summed E-state index contributed by atoms with van der Waals surface area (Å²) in [5.74, 6) is 0. The molecule has 0 radical (unpaired) electrons. The summed E-state index contributed by atoms with van der Waals surface area (Å²) in [5, 5.41) is 6.88. The molecule has 4 nitrogen and oxygen atoms in total. The molecule has 0 aromatic carbocycles. The lowest BCUT2D eigenvalue weighted by Gasteiger charge is -2.54. The number of likely N-dealkylation sites (tertiary alicyclic amines) is 1. The van der Waals surface area contributed by atoms with Crippen molar-refractivity contribution in [2.24, 2.45) is 5.41 Å². The monoisotopic (exact) mass is 242 g/mol. The van der Waals surface area contributed by atoms with Crippen LogP contribution in [0.1, 0.15) is 31.0 Å². The van der Waals surface area contributed by atoms with E-state index in [-0.39, 0.29) is 0 Å². The zero-order valence-electron chi connectivity index (χ0n) is 10.8. The smallest absolute Gasteiger partial charge is 0.0532 e. The summed E-state index contributed by atoms with van der Waals surface area (Å²) in [4.78, 5) is 6.59. The van der Waals surface area contributed by atoms with Crippen LogP contribution in [0.15, 0.2) is 36.9 Å². The number of hydrogen-bond donors (Lipinski definition) is 1. The Kier molecular flexibility index (Phi) is 2.67. The molecule has 1 saturated heterocycles. The fourth-order valence-corrected chi connectivity index (χ4v) is 3.04. The van der Waals surface area contributed by atoms with Crippen LogP contribution in [-0.4, -0.2) is 26.6 Å². The van der Waals surface area contributed by atoms with E-state index in [1.54, 1.807) is 0 Å². The molecule has 94 valence electrons. The second-order valence-electron chi connectivity index (χ2n) is 5.68. The van der Waals surface area contributed by atoms with Crippen molar-refractivity contribution in [3.63, 3.8) is 0 Å². The van der Waals surface area contributed by atoms with Gasteiger partial charge in [-0.1, -0.05) is 13.8 Å². The molecule has 2 aromatic heterocycles.